The van der Waals surface area contributed by atoms with E-state index >= 15 is 0 Å². The monoisotopic (exact) mass is 335 g/mol. The summed E-state index contributed by atoms with van der Waals surface area (Å²) in [6, 6.07) is 6.30. The molecule has 0 unspecified atom stereocenters. The predicted molar refractivity (Wildman–Crippen MR) is 81.3 cm³/mol. The topological polar surface area (TPSA) is 127 Å². The van der Waals surface area contributed by atoms with Gasteiger partial charge in [0.1, 0.15) is 18.3 Å². The normalized spacial score (nSPS) is 26.6. The molecule has 1 aliphatic heterocycles. The molecular formula is C15H17N3O6. The summed E-state index contributed by atoms with van der Waals surface area (Å²) in [5.74, 6) is 0. The minimum Gasteiger partial charge on any atom is -0.394 e. The first-order valence-electron chi connectivity index (χ1n) is 7.37. The Labute approximate surface area is 136 Å². The van der Waals surface area contributed by atoms with E-state index in [1.54, 1.807) is 24.4 Å². The number of aliphatic hydroxyl groups is 3. The van der Waals surface area contributed by atoms with Crippen molar-refractivity contribution < 1.29 is 20.1 Å². The van der Waals surface area contributed by atoms with Gasteiger partial charge in [-0.1, -0.05) is 6.07 Å². The van der Waals surface area contributed by atoms with Gasteiger partial charge in [0.15, 0.2) is 6.23 Å². The lowest BCUT2D eigenvalue weighted by Gasteiger charge is -2.18. The van der Waals surface area contributed by atoms with Gasteiger partial charge in [0.2, 0.25) is 0 Å². The number of aliphatic hydroxyl groups excluding tert-OH is 3. The summed E-state index contributed by atoms with van der Waals surface area (Å²) in [6.45, 7) is -0.537. The first kappa shape index (κ1) is 16.5. The fourth-order valence-corrected chi connectivity index (χ4v) is 2.63. The van der Waals surface area contributed by atoms with Gasteiger partial charge in [-0.2, -0.15) is 0 Å². The van der Waals surface area contributed by atoms with Crippen molar-refractivity contribution in [3.05, 3.63) is 63.2 Å². The van der Waals surface area contributed by atoms with Crippen molar-refractivity contribution in [2.24, 2.45) is 0 Å². The zero-order valence-electron chi connectivity index (χ0n) is 12.6. The molecule has 2 aromatic rings. The summed E-state index contributed by atoms with van der Waals surface area (Å²) in [4.78, 5) is 28.7. The van der Waals surface area contributed by atoms with E-state index in [-0.39, 0.29) is 6.54 Å². The minimum absolute atomic E-state index is 0.0336. The summed E-state index contributed by atoms with van der Waals surface area (Å²) in [5, 5.41) is 29.0. The Bertz CT molecular complexity index is 818. The Morgan fingerprint density at radius 1 is 1.17 bits per heavy atom. The highest BCUT2D eigenvalue weighted by molar-refractivity contribution is 5.05. The molecule has 0 amide bonds. The molecule has 0 radical (unpaired) electrons. The molecular weight excluding hydrogens is 318 g/mol. The third-order valence-electron chi connectivity index (χ3n) is 3.93. The zero-order valence-corrected chi connectivity index (χ0v) is 12.6. The van der Waals surface area contributed by atoms with Gasteiger partial charge in [-0.05, 0) is 12.1 Å². The molecule has 1 saturated heterocycles. The SMILES string of the molecule is O=c1ccn([C@@H]2O[C@H](CO)[C@H](O)[C@@H]2O)c(=O)n1Cc1ccccn1. The summed E-state index contributed by atoms with van der Waals surface area (Å²) in [5.41, 5.74) is -0.702. The lowest BCUT2D eigenvalue weighted by molar-refractivity contribution is -0.0555. The summed E-state index contributed by atoms with van der Waals surface area (Å²) in [7, 11) is 0. The lowest BCUT2D eigenvalue weighted by atomic mass is 10.1. The van der Waals surface area contributed by atoms with Crippen LogP contribution in [0.1, 0.15) is 11.9 Å². The van der Waals surface area contributed by atoms with Crippen LogP contribution in [-0.4, -0.2) is 54.4 Å². The van der Waals surface area contributed by atoms with Crippen LogP contribution in [0.15, 0.2) is 46.2 Å². The van der Waals surface area contributed by atoms with E-state index in [1.807, 2.05) is 0 Å². The molecule has 9 heteroatoms. The van der Waals surface area contributed by atoms with Crippen LogP contribution in [-0.2, 0) is 11.3 Å². The van der Waals surface area contributed by atoms with Crippen molar-refractivity contribution in [1.29, 1.82) is 0 Å². The van der Waals surface area contributed by atoms with Crippen molar-refractivity contribution in [3.8, 4) is 0 Å². The number of ether oxygens (including phenoxy) is 1. The molecule has 1 fully saturated rings. The molecule has 2 aromatic heterocycles. The lowest BCUT2D eigenvalue weighted by Crippen LogP contribution is -2.43. The smallest absolute Gasteiger partial charge is 0.333 e. The fraction of sp³-hybridized carbons (Fsp3) is 0.400. The second kappa shape index (κ2) is 6.65. The highest BCUT2D eigenvalue weighted by atomic mass is 16.6. The highest BCUT2D eigenvalue weighted by Crippen LogP contribution is 2.27. The first-order valence-corrected chi connectivity index (χ1v) is 7.37. The number of hydrogen-bond acceptors (Lipinski definition) is 7. The van der Waals surface area contributed by atoms with Crippen molar-refractivity contribution in [1.82, 2.24) is 14.1 Å². The van der Waals surface area contributed by atoms with Crippen molar-refractivity contribution in [2.45, 2.75) is 31.1 Å². The van der Waals surface area contributed by atoms with E-state index in [9.17, 15) is 19.8 Å². The molecule has 9 nitrogen and oxygen atoms in total. The van der Waals surface area contributed by atoms with Crippen molar-refractivity contribution in [2.75, 3.05) is 6.61 Å². The molecule has 4 atom stereocenters. The van der Waals surface area contributed by atoms with Crippen molar-refractivity contribution >= 4 is 0 Å². The quantitative estimate of drug-likeness (QED) is 0.593. The van der Waals surface area contributed by atoms with Crippen LogP contribution in [0, 0.1) is 0 Å². The van der Waals surface area contributed by atoms with E-state index < -0.39 is 42.4 Å². The Hall–Kier alpha value is -2.33. The van der Waals surface area contributed by atoms with Gasteiger partial charge in [0.25, 0.3) is 5.56 Å². The predicted octanol–water partition coefficient (Wildman–Crippen LogP) is -1.94. The molecule has 0 saturated carbocycles. The zero-order chi connectivity index (χ0) is 17.3. The van der Waals surface area contributed by atoms with E-state index in [0.717, 1.165) is 9.13 Å². The van der Waals surface area contributed by atoms with Crippen LogP contribution in [0.25, 0.3) is 0 Å². The number of hydrogen-bond donors (Lipinski definition) is 3. The molecule has 0 bridgehead atoms. The first-order chi connectivity index (χ1) is 11.5. The fourth-order valence-electron chi connectivity index (χ4n) is 2.63. The van der Waals surface area contributed by atoms with Gasteiger partial charge < -0.3 is 20.1 Å². The number of nitrogens with zero attached hydrogens (tertiary/aromatic N) is 3. The summed E-state index contributed by atoms with van der Waals surface area (Å²) >= 11 is 0. The van der Waals surface area contributed by atoms with Gasteiger partial charge in [0.05, 0.1) is 18.8 Å². The largest absolute Gasteiger partial charge is 0.394 e. The molecule has 0 aliphatic carbocycles. The van der Waals surface area contributed by atoms with Gasteiger partial charge in [-0.15, -0.1) is 0 Å². The van der Waals surface area contributed by atoms with Gasteiger partial charge in [-0.25, -0.2) is 4.79 Å². The summed E-state index contributed by atoms with van der Waals surface area (Å²) < 4.78 is 7.31. The van der Waals surface area contributed by atoms with E-state index in [2.05, 4.69) is 4.98 Å². The summed E-state index contributed by atoms with van der Waals surface area (Å²) in [6.07, 6.45) is -2.19. The Morgan fingerprint density at radius 3 is 2.58 bits per heavy atom. The van der Waals surface area contributed by atoms with E-state index in [1.165, 1.54) is 12.3 Å². The van der Waals surface area contributed by atoms with Gasteiger partial charge >= 0.3 is 5.69 Å². The van der Waals surface area contributed by atoms with E-state index in [0.29, 0.717) is 5.69 Å². The Morgan fingerprint density at radius 2 is 1.96 bits per heavy atom. The molecule has 3 heterocycles. The molecule has 3 rings (SSSR count). The maximum absolute atomic E-state index is 12.6. The molecule has 0 spiro atoms. The molecule has 3 N–H and O–H groups in total. The van der Waals surface area contributed by atoms with Crippen molar-refractivity contribution in [3.63, 3.8) is 0 Å². The average Bonchev–Trinajstić information content (AvgIpc) is 2.88. The minimum atomic E-state index is -1.40. The average molecular weight is 335 g/mol. The number of rotatable bonds is 4. The second-order valence-corrected chi connectivity index (χ2v) is 5.48. The second-order valence-electron chi connectivity index (χ2n) is 5.48. The maximum Gasteiger partial charge on any atom is 0.333 e. The van der Waals surface area contributed by atoms with Crippen LogP contribution < -0.4 is 11.2 Å². The third kappa shape index (κ3) is 2.89. The maximum atomic E-state index is 12.6. The van der Waals surface area contributed by atoms with Crippen LogP contribution in [0.5, 0.6) is 0 Å². The van der Waals surface area contributed by atoms with Crippen LogP contribution in [0.3, 0.4) is 0 Å². The third-order valence-corrected chi connectivity index (χ3v) is 3.93. The molecule has 24 heavy (non-hydrogen) atoms. The Kier molecular flexibility index (Phi) is 4.58. The van der Waals surface area contributed by atoms with Crippen LogP contribution in [0.2, 0.25) is 0 Å². The van der Waals surface area contributed by atoms with Gasteiger partial charge in [-0.3, -0.25) is 18.9 Å². The molecule has 128 valence electrons. The van der Waals surface area contributed by atoms with Gasteiger partial charge in [0, 0.05) is 18.5 Å². The number of pyridine rings is 1. The van der Waals surface area contributed by atoms with Crippen LogP contribution in [0.4, 0.5) is 0 Å². The standard InChI is InChI=1S/C15H17N3O6/c19-8-10-12(21)13(22)14(24-10)17-6-4-11(20)18(15(17)23)7-9-3-1-2-5-16-9/h1-6,10,12-14,19,21-22H,7-8H2/t10-,12+,13+,14-/m1/s1. The van der Waals surface area contributed by atoms with Crippen LogP contribution >= 0.6 is 0 Å². The highest BCUT2D eigenvalue weighted by Gasteiger charge is 2.43. The Balaban J connectivity index is 1.98. The van der Waals surface area contributed by atoms with E-state index in [4.69, 9.17) is 9.84 Å². The molecule has 1 aliphatic rings. The molecule has 0 aromatic carbocycles. The number of aromatic nitrogens is 3.